The Labute approximate surface area is 207 Å². The molecule has 0 bridgehead atoms. The molecule has 8 heteroatoms. The first-order valence-electron chi connectivity index (χ1n) is 11.2. The van der Waals surface area contributed by atoms with Crippen LogP contribution in [0, 0.1) is 0 Å². The van der Waals surface area contributed by atoms with E-state index in [1.54, 1.807) is 20.1 Å². The van der Waals surface area contributed by atoms with Crippen LogP contribution in [-0.2, 0) is 17.8 Å². The first-order chi connectivity index (χ1) is 17.1. The molecular weight excluding hydrogens is 470 g/mol. The maximum absolute atomic E-state index is 12.8. The monoisotopic (exact) mass is 493 g/mol. The summed E-state index contributed by atoms with van der Waals surface area (Å²) in [5.74, 6) is 2.29. The largest absolute Gasteiger partial charge is 0.497 e. The van der Waals surface area contributed by atoms with Gasteiger partial charge in [0.15, 0.2) is 11.5 Å². The molecule has 180 valence electrons. The van der Waals surface area contributed by atoms with Crippen LogP contribution in [0.25, 0.3) is 10.9 Å². The zero-order valence-corrected chi connectivity index (χ0v) is 20.1. The van der Waals surface area contributed by atoms with Gasteiger partial charge in [-0.3, -0.25) is 0 Å². The number of carbonyl (C=O) groups is 1. The molecule has 0 atom stereocenters. The van der Waals surface area contributed by atoms with Crippen LogP contribution in [0.15, 0.2) is 54.6 Å². The summed E-state index contributed by atoms with van der Waals surface area (Å²) in [7, 11) is 1.64. The predicted octanol–water partition coefficient (Wildman–Crippen LogP) is 5.91. The third-order valence-electron chi connectivity index (χ3n) is 5.83. The summed E-state index contributed by atoms with van der Waals surface area (Å²) in [5, 5.41) is 1.39. The SMILES string of the molecule is CCOC(=O)c1[nH]c2ccc(OCc3ccc(OC)cc3)cc2c1Cc1cc2c(cc1Cl)OCO2. The number of fused-ring (bicyclic) bond motifs is 2. The Hall–Kier alpha value is -3.84. The van der Waals surface area contributed by atoms with E-state index in [2.05, 4.69) is 4.98 Å². The predicted molar refractivity (Wildman–Crippen MR) is 132 cm³/mol. The molecular formula is C27H24ClNO6. The molecule has 0 aliphatic carbocycles. The number of H-pyrrole nitrogens is 1. The van der Waals surface area contributed by atoms with Crippen molar-refractivity contribution in [1.29, 1.82) is 0 Å². The Morgan fingerprint density at radius 1 is 1.03 bits per heavy atom. The highest BCUT2D eigenvalue weighted by Crippen LogP contribution is 2.39. The molecule has 1 aliphatic rings. The normalized spacial score (nSPS) is 12.1. The standard InChI is InChI=1S/C27H24ClNO6/c1-3-32-27(30)26-21(10-17-11-24-25(13-22(17)28)35-15-34-24)20-12-19(8-9-23(20)29-26)33-14-16-4-6-18(31-2)7-5-16/h4-9,11-13,29H,3,10,14-15H2,1-2H3. The van der Waals surface area contributed by atoms with E-state index in [1.165, 1.54) is 0 Å². The van der Waals surface area contributed by atoms with Crippen molar-refractivity contribution in [3.8, 4) is 23.0 Å². The summed E-state index contributed by atoms with van der Waals surface area (Å²) in [6.45, 7) is 2.60. The number of methoxy groups -OCH3 is 1. The number of aromatic nitrogens is 1. The van der Waals surface area contributed by atoms with E-state index in [-0.39, 0.29) is 13.4 Å². The van der Waals surface area contributed by atoms with Crippen LogP contribution in [0.1, 0.15) is 34.1 Å². The van der Waals surface area contributed by atoms with Gasteiger partial charge >= 0.3 is 5.97 Å². The van der Waals surface area contributed by atoms with Crippen LogP contribution < -0.4 is 18.9 Å². The minimum absolute atomic E-state index is 0.158. The molecule has 0 amide bonds. The smallest absolute Gasteiger partial charge is 0.355 e. The third kappa shape index (κ3) is 4.72. The van der Waals surface area contributed by atoms with Gasteiger partial charge < -0.3 is 28.7 Å². The molecule has 2 heterocycles. The minimum Gasteiger partial charge on any atom is -0.497 e. The van der Waals surface area contributed by atoms with Gasteiger partial charge in [-0.2, -0.15) is 0 Å². The van der Waals surface area contributed by atoms with Crippen LogP contribution in [0.2, 0.25) is 5.02 Å². The van der Waals surface area contributed by atoms with Crippen molar-refractivity contribution in [2.75, 3.05) is 20.5 Å². The fraction of sp³-hybridized carbons (Fsp3) is 0.222. The summed E-state index contributed by atoms with van der Waals surface area (Å²) in [6.07, 6.45) is 0.394. The molecule has 1 aromatic heterocycles. The molecule has 5 rings (SSSR count). The highest BCUT2D eigenvalue weighted by atomic mass is 35.5. The Bertz CT molecular complexity index is 1380. The summed E-state index contributed by atoms with van der Waals surface area (Å²) < 4.78 is 27.5. The lowest BCUT2D eigenvalue weighted by Gasteiger charge is -2.10. The molecule has 1 aliphatic heterocycles. The van der Waals surface area contributed by atoms with Gasteiger partial charge in [-0.05, 0) is 60.0 Å². The maximum atomic E-state index is 12.8. The fourth-order valence-electron chi connectivity index (χ4n) is 4.05. The highest BCUT2D eigenvalue weighted by molar-refractivity contribution is 6.31. The van der Waals surface area contributed by atoms with Crippen LogP contribution in [-0.4, -0.2) is 31.5 Å². The summed E-state index contributed by atoms with van der Waals surface area (Å²) in [6, 6.07) is 17.0. The second-order valence-electron chi connectivity index (χ2n) is 8.02. The van der Waals surface area contributed by atoms with Crippen molar-refractivity contribution in [2.24, 2.45) is 0 Å². The first-order valence-corrected chi connectivity index (χ1v) is 11.6. The Morgan fingerprint density at radius 2 is 1.77 bits per heavy atom. The number of halogens is 1. The van der Waals surface area contributed by atoms with Gasteiger partial charge in [0, 0.05) is 28.4 Å². The van der Waals surface area contributed by atoms with E-state index in [0.717, 1.165) is 33.3 Å². The molecule has 1 N–H and O–H groups in total. The van der Waals surface area contributed by atoms with E-state index in [0.29, 0.717) is 41.0 Å². The molecule has 0 saturated heterocycles. The molecule has 0 spiro atoms. The van der Waals surface area contributed by atoms with Crippen molar-refractivity contribution in [3.05, 3.63) is 82.0 Å². The lowest BCUT2D eigenvalue weighted by Crippen LogP contribution is -2.08. The second-order valence-corrected chi connectivity index (χ2v) is 8.42. The zero-order chi connectivity index (χ0) is 24.4. The zero-order valence-electron chi connectivity index (χ0n) is 19.4. The van der Waals surface area contributed by atoms with Gasteiger partial charge in [0.1, 0.15) is 23.8 Å². The van der Waals surface area contributed by atoms with Crippen molar-refractivity contribution in [3.63, 3.8) is 0 Å². The number of hydrogen-bond acceptors (Lipinski definition) is 6. The number of ether oxygens (including phenoxy) is 5. The Kier molecular flexibility index (Phi) is 6.42. The van der Waals surface area contributed by atoms with E-state index in [1.807, 2.05) is 48.5 Å². The summed E-state index contributed by atoms with van der Waals surface area (Å²) in [4.78, 5) is 16.0. The van der Waals surface area contributed by atoms with Gasteiger partial charge in [0.25, 0.3) is 0 Å². The van der Waals surface area contributed by atoms with Crippen molar-refractivity contribution in [1.82, 2.24) is 4.98 Å². The minimum atomic E-state index is -0.420. The Balaban J connectivity index is 1.48. The maximum Gasteiger partial charge on any atom is 0.355 e. The average molecular weight is 494 g/mol. The van der Waals surface area contributed by atoms with Crippen LogP contribution >= 0.6 is 11.6 Å². The molecule has 0 saturated carbocycles. The quantitative estimate of drug-likeness (QED) is 0.308. The third-order valence-corrected chi connectivity index (χ3v) is 6.18. The van der Waals surface area contributed by atoms with Crippen molar-refractivity contribution < 1.29 is 28.5 Å². The number of benzene rings is 3. The Morgan fingerprint density at radius 3 is 2.51 bits per heavy atom. The van der Waals surface area contributed by atoms with E-state index >= 15 is 0 Å². The van der Waals surface area contributed by atoms with Crippen molar-refractivity contribution in [2.45, 2.75) is 20.0 Å². The topological polar surface area (TPSA) is 79.0 Å². The van der Waals surface area contributed by atoms with Gasteiger partial charge in [-0.1, -0.05) is 23.7 Å². The van der Waals surface area contributed by atoms with Gasteiger partial charge in [0.05, 0.1) is 13.7 Å². The number of aromatic amines is 1. The molecule has 4 aromatic rings. The number of rotatable bonds is 8. The molecule has 0 fully saturated rings. The molecule has 35 heavy (non-hydrogen) atoms. The number of nitrogens with one attached hydrogen (secondary N) is 1. The van der Waals surface area contributed by atoms with Crippen LogP contribution in [0.5, 0.6) is 23.0 Å². The van der Waals surface area contributed by atoms with E-state index in [4.69, 9.17) is 35.3 Å². The average Bonchev–Trinajstić information content (AvgIpc) is 3.47. The van der Waals surface area contributed by atoms with Gasteiger partial charge in [-0.25, -0.2) is 4.79 Å². The first kappa shape index (κ1) is 22.9. The van der Waals surface area contributed by atoms with Crippen LogP contribution in [0.3, 0.4) is 0 Å². The van der Waals surface area contributed by atoms with Crippen LogP contribution in [0.4, 0.5) is 0 Å². The van der Waals surface area contributed by atoms with E-state index < -0.39 is 5.97 Å². The molecule has 0 unspecified atom stereocenters. The van der Waals surface area contributed by atoms with Crippen molar-refractivity contribution >= 4 is 28.5 Å². The lowest BCUT2D eigenvalue weighted by molar-refractivity contribution is 0.0519. The number of esters is 1. The lowest BCUT2D eigenvalue weighted by atomic mass is 10.0. The van der Waals surface area contributed by atoms with E-state index in [9.17, 15) is 4.79 Å². The number of hydrogen-bond donors (Lipinski definition) is 1. The molecule has 3 aromatic carbocycles. The summed E-state index contributed by atoms with van der Waals surface area (Å²) >= 11 is 6.54. The molecule has 0 radical (unpaired) electrons. The highest BCUT2D eigenvalue weighted by Gasteiger charge is 2.23. The molecule has 7 nitrogen and oxygen atoms in total. The van der Waals surface area contributed by atoms with Gasteiger partial charge in [0.2, 0.25) is 6.79 Å². The fourth-order valence-corrected chi connectivity index (χ4v) is 4.27. The van der Waals surface area contributed by atoms with Gasteiger partial charge in [-0.15, -0.1) is 0 Å². The summed E-state index contributed by atoms with van der Waals surface area (Å²) in [5.41, 5.74) is 3.79. The number of carbonyl (C=O) groups excluding carboxylic acids is 1. The second kappa shape index (κ2) is 9.80.